The molecule has 0 atom stereocenters. The van der Waals surface area contributed by atoms with Gasteiger partial charge in [-0.1, -0.05) is 12.2 Å². The lowest BCUT2D eigenvalue weighted by molar-refractivity contribution is -0.124. The summed E-state index contributed by atoms with van der Waals surface area (Å²) in [5, 5.41) is 1.95. The molecule has 0 saturated heterocycles. The van der Waals surface area contributed by atoms with Gasteiger partial charge in [0.1, 0.15) is 16.3 Å². The maximum Gasteiger partial charge on any atom is 0.274 e. The fraction of sp³-hybridized carbons (Fsp3) is 0. The predicted molar refractivity (Wildman–Crippen MR) is 41.1 cm³/mol. The van der Waals surface area contributed by atoms with E-state index in [0.717, 1.165) is 0 Å². The van der Waals surface area contributed by atoms with Gasteiger partial charge in [-0.25, -0.2) is 0 Å². The molecule has 0 aliphatic carbocycles. The molecule has 0 radical (unpaired) electrons. The van der Waals surface area contributed by atoms with Crippen LogP contribution in [-0.4, -0.2) is 16.8 Å². The van der Waals surface area contributed by atoms with Gasteiger partial charge in [0.2, 0.25) is 0 Å². The smallest absolute Gasteiger partial charge is 0.274 e. The van der Waals surface area contributed by atoms with E-state index in [0.29, 0.717) is 0 Å². The number of nitrogens with two attached hydrogens (primary N) is 2. The summed E-state index contributed by atoms with van der Waals surface area (Å²) in [6.45, 7) is 0. The molecule has 0 aromatic carbocycles. The molecule has 1 heterocycles. The Morgan fingerprint density at radius 1 is 1.36 bits per heavy atom. The third kappa shape index (κ3) is 1.07. The number of carbonyl (C=O) groups is 2. The first-order valence-corrected chi connectivity index (χ1v) is 3.10. The van der Waals surface area contributed by atoms with Gasteiger partial charge in [-0.2, -0.15) is 0 Å². The second-order valence-corrected chi connectivity index (χ2v) is 2.38. The van der Waals surface area contributed by atoms with Crippen LogP contribution in [0.2, 0.25) is 0 Å². The lowest BCUT2D eigenvalue weighted by Crippen LogP contribution is -2.26. The first-order valence-electron chi connectivity index (χ1n) is 2.69. The summed E-state index contributed by atoms with van der Waals surface area (Å²) in [7, 11) is 0. The van der Waals surface area contributed by atoms with Crippen molar-refractivity contribution in [3.8, 4) is 0 Å². The molecule has 0 fully saturated rings. The topological polar surface area (TPSA) is 98.2 Å². The van der Waals surface area contributed by atoms with Crippen molar-refractivity contribution in [2.75, 3.05) is 0 Å². The fourth-order valence-corrected chi connectivity index (χ4v) is 0.916. The van der Waals surface area contributed by atoms with Crippen molar-refractivity contribution in [2.45, 2.75) is 0 Å². The average molecular weight is 171 g/mol. The predicted octanol–water partition coefficient (Wildman–Crippen LogP) is -1.86. The van der Waals surface area contributed by atoms with Crippen LogP contribution >= 0.6 is 12.2 Å². The first-order chi connectivity index (χ1) is 5.04. The Labute approximate surface area is 67.4 Å². The number of amides is 2. The minimum Gasteiger partial charge on any atom is -0.394 e. The molecule has 2 amide bonds. The Bertz CT molecular complexity index is 294. The fourth-order valence-electron chi connectivity index (χ4n) is 0.713. The molecule has 1 aliphatic heterocycles. The van der Waals surface area contributed by atoms with E-state index in [1.54, 1.807) is 0 Å². The van der Waals surface area contributed by atoms with Gasteiger partial charge >= 0.3 is 0 Å². The van der Waals surface area contributed by atoms with Gasteiger partial charge in [-0.05, 0) is 0 Å². The summed E-state index contributed by atoms with van der Waals surface area (Å²) < 4.78 is 0. The number of nitrogens with one attached hydrogen (secondary N) is 1. The van der Waals surface area contributed by atoms with Crippen LogP contribution in [0.5, 0.6) is 0 Å². The molecule has 0 unspecified atom stereocenters. The summed E-state index contributed by atoms with van der Waals surface area (Å²) in [6, 6.07) is 0. The molecule has 11 heavy (non-hydrogen) atoms. The molecular weight excluding hydrogens is 166 g/mol. The summed E-state index contributed by atoms with van der Waals surface area (Å²) in [4.78, 5) is 21.3. The molecule has 1 aliphatic rings. The molecule has 0 aromatic heterocycles. The molecule has 0 spiro atoms. The molecular formula is C5H5N3O2S. The second kappa shape index (κ2) is 2.31. The van der Waals surface area contributed by atoms with Crippen LogP contribution in [0.4, 0.5) is 0 Å². The summed E-state index contributed by atoms with van der Waals surface area (Å²) in [5.74, 6) is -1.27. The van der Waals surface area contributed by atoms with Crippen molar-refractivity contribution < 1.29 is 9.59 Å². The van der Waals surface area contributed by atoms with Crippen molar-refractivity contribution in [2.24, 2.45) is 11.5 Å². The number of rotatable bonds is 1. The summed E-state index contributed by atoms with van der Waals surface area (Å²) in [5.41, 5.74) is 10.0. The zero-order chi connectivity index (χ0) is 8.59. The van der Waals surface area contributed by atoms with E-state index in [1.807, 2.05) is 5.32 Å². The Balaban J connectivity index is 3.17. The average Bonchev–Trinajstić information content (AvgIpc) is 2.07. The van der Waals surface area contributed by atoms with Crippen LogP contribution in [0.3, 0.4) is 0 Å². The van der Waals surface area contributed by atoms with Gasteiger partial charge < -0.3 is 11.5 Å². The van der Waals surface area contributed by atoms with E-state index in [1.165, 1.54) is 0 Å². The van der Waals surface area contributed by atoms with Gasteiger partial charge in [0.25, 0.3) is 11.8 Å². The molecule has 0 aromatic rings. The molecule has 5 N–H and O–H groups in total. The van der Waals surface area contributed by atoms with Gasteiger partial charge in [0, 0.05) is 0 Å². The number of carbonyl (C=O) groups excluding carboxylic acids is 2. The molecule has 5 nitrogen and oxygen atoms in total. The number of thiocarbonyl (C=S) groups is 1. The molecule has 0 bridgehead atoms. The quantitative estimate of drug-likeness (QED) is 0.317. The molecule has 0 saturated carbocycles. The first kappa shape index (κ1) is 7.67. The van der Waals surface area contributed by atoms with Crippen LogP contribution in [0, 0.1) is 0 Å². The molecule has 6 heteroatoms. The summed E-state index contributed by atoms with van der Waals surface area (Å²) in [6.07, 6.45) is 0. The van der Waals surface area contributed by atoms with Crippen molar-refractivity contribution in [3.05, 3.63) is 11.3 Å². The Morgan fingerprint density at radius 3 is 2.09 bits per heavy atom. The third-order valence-electron chi connectivity index (χ3n) is 1.21. The van der Waals surface area contributed by atoms with Crippen molar-refractivity contribution in [1.29, 1.82) is 0 Å². The highest BCUT2D eigenvalue weighted by atomic mass is 32.1. The highest BCUT2D eigenvalue weighted by Crippen LogP contribution is 2.06. The van der Waals surface area contributed by atoms with E-state index in [4.69, 9.17) is 11.5 Å². The number of hydrogen-bond acceptors (Lipinski definition) is 4. The van der Waals surface area contributed by atoms with Gasteiger partial charge in [-0.3, -0.25) is 14.9 Å². The SMILES string of the molecule is NC(=S)C1=C(N)C(=O)NC1=O. The van der Waals surface area contributed by atoms with E-state index < -0.39 is 11.8 Å². The highest BCUT2D eigenvalue weighted by molar-refractivity contribution is 7.80. The lowest BCUT2D eigenvalue weighted by Gasteiger charge is -1.93. The van der Waals surface area contributed by atoms with Crippen LogP contribution in [-0.2, 0) is 9.59 Å². The third-order valence-corrected chi connectivity index (χ3v) is 1.42. The maximum atomic E-state index is 10.8. The summed E-state index contributed by atoms with van der Waals surface area (Å²) >= 11 is 4.49. The zero-order valence-electron chi connectivity index (χ0n) is 5.38. The zero-order valence-corrected chi connectivity index (χ0v) is 6.20. The maximum absolute atomic E-state index is 10.8. The van der Waals surface area contributed by atoms with Crippen LogP contribution in [0.15, 0.2) is 11.3 Å². The van der Waals surface area contributed by atoms with E-state index in [2.05, 4.69) is 12.2 Å². The van der Waals surface area contributed by atoms with Crippen LogP contribution in [0.1, 0.15) is 0 Å². The minimum absolute atomic E-state index is 0.0926. The largest absolute Gasteiger partial charge is 0.394 e. The second-order valence-electron chi connectivity index (χ2n) is 1.94. The van der Waals surface area contributed by atoms with Crippen molar-refractivity contribution in [1.82, 2.24) is 5.32 Å². The monoisotopic (exact) mass is 171 g/mol. The number of hydrogen-bond donors (Lipinski definition) is 3. The minimum atomic E-state index is -0.641. The Kier molecular flexibility index (Phi) is 1.61. The Morgan fingerprint density at radius 2 is 1.91 bits per heavy atom. The van der Waals surface area contributed by atoms with Crippen LogP contribution in [0.25, 0.3) is 0 Å². The van der Waals surface area contributed by atoms with Gasteiger partial charge in [-0.15, -0.1) is 0 Å². The van der Waals surface area contributed by atoms with Crippen molar-refractivity contribution in [3.63, 3.8) is 0 Å². The van der Waals surface area contributed by atoms with Gasteiger partial charge in [0.05, 0.1) is 0 Å². The molecule has 58 valence electrons. The van der Waals surface area contributed by atoms with E-state index in [-0.39, 0.29) is 16.3 Å². The number of imide groups is 1. The van der Waals surface area contributed by atoms with Gasteiger partial charge in [0.15, 0.2) is 0 Å². The standard InChI is InChI=1S/C5H5N3O2S/c6-2-1(3(7)11)4(9)8-5(2)10/h(H2,7,11)(H3,6,8,9,10). The molecule has 1 rings (SSSR count). The highest BCUT2D eigenvalue weighted by Gasteiger charge is 2.29. The van der Waals surface area contributed by atoms with Crippen LogP contribution < -0.4 is 16.8 Å². The Hall–Kier alpha value is -1.43. The lowest BCUT2D eigenvalue weighted by atomic mass is 10.2. The normalized spacial score (nSPS) is 17.1. The van der Waals surface area contributed by atoms with E-state index >= 15 is 0 Å². The van der Waals surface area contributed by atoms with Crippen molar-refractivity contribution >= 4 is 29.0 Å². The van der Waals surface area contributed by atoms with E-state index in [9.17, 15) is 9.59 Å².